The van der Waals surface area contributed by atoms with E-state index >= 15 is 0 Å². The monoisotopic (exact) mass is 494 g/mol. The molecule has 196 valence electrons. The fraction of sp³-hybridized carbons (Fsp3) is 0.556. The number of aryl methyl sites for hydroxylation is 1. The molecular weight excluding hydrogens is 442 g/mol. The Labute approximate surface area is 213 Å². The van der Waals surface area contributed by atoms with Crippen LogP contribution in [-0.4, -0.2) is 19.3 Å². The molecule has 0 aliphatic heterocycles. The predicted molar refractivity (Wildman–Crippen MR) is 157 cm³/mol. The zero-order valence-electron chi connectivity index (χ0n) is 23.5. The summed E-state index contributed by atoms with van der Waals surface area (Å²) in [5, 5.41) is 9.01. The number of rotatable bonds is 7. The van der Waals surface area contributed by atoms with Crippen LogP contribution in [0.2, 0.25) is 0 Å². The molecule has 0 aromatic heterocycles. The van der Waals surface area contributed by atoms with Crippen molar-refractivity contribution in [2.24, 2.45) is 0 Å². The number of phenolic OH excluding ortho intramolecular Hbond substituents is 1. The molecule has 0 fully saturated rings. The van der Waals surface area contributed by atoms with E-state index in [1.165, 1.54) is 12.8 Å². The standard InChI is InChI=1S/C9H13BNO2P.C8H11NO.C4H10.3C2H6/c1-2-7-12-14(10)13-9-5-3-8(11)4-6-9;1-2-6-3-4-8(10)7(9)5-6;1-3-4-2;3*1-2/h3-6H,2,7,11H2,1H3;3-5,10H,2,9H2,1H3;3-4H2,1-2H3;3*1-2H3. The molecule has 2 aromatic rings. The van der Waals surface area contributed by atoms with E-state index in [1.54, 1.807) is 36.4 Å². The van der Waals surface area contributed by atoms with Gasteiger partial charge >= 0.3 is 0 Å². The Morgan fingerprint density at radius 3 is 1.68 bits per heavy atom. The summed E-state index contributed by atoms with van der Waals surface area (Å²) in [6.07, 6.45) is 4.52. The van der Waals surface area contributed by atoms with Crippen LogP contribution < -0.4 is 16.0 Å². The highest BCUT2D eigenvalue weighted by atomic mass is 31.2. The highest BCUT2D eigenvalue weighted by Crippen LogP contribution is 2.34. The fourth-order valence-corrected chi connectivity index (χ4v) is 2.41. The van der Waals surface area contributed by atoms with Gasteiger partial charge in [-0.05, 0) is 54.8 Å². The summed E-state index contributed by atoms with van der Waals surface area (Å²) < 4.78 is 10.6. The van der Waals surface area contributed by atoms with Gasteiger partial charge in [0.2, 0.25) is 7.57 Å². The topological polar surface area (TPSA) is 90.7 Å². The number of nitrogen functional groups attached to an aromatic ring is 2. The average Bonchev–Trinajstić information content (AvgIpc) is 2.90. The van der Waals surface area contributed by atoms with E-state index in [-0.39, 0.29) is 5.75 Å². The minimum absolute atomic E-state index is 0.164. The van der Waals surface area contributed by atoms with Gasteiger partial charge in [-0.2, -0.15) is 0 Å². The maximum absolute atomic E-state index is 9.01. The first-order valence-corrected chi connectivity index (χ1v) is 13.9. The second-order valence-corrected chi connectivity index (χ2v) is 7.04. The van der Waals surface area contributed by atoms with Crippen LogP contribution in [0.5, 0.6) is 11.5 Å². The van der Waals surface area contributed by atoms with Crippen molar-refractivity contribution in [1.82, 2.24) is 0 Å². The zero-order valence-corrected chi connectivity index (χ0v) is 24.4. The number of hydrogen-bond acceptors (Lipinski definition) is 5. The van der Waals surface area contributed by atoms with Crippen LogP contribution >= 0.6 is 8.25 Å². The molecule has 0 amide bonds. The Bertz CT molecular complexity index is 642. The molecule has 1 atom stereocenters. The summed E-state index contributed by atoms with van der Waals surface area (Å²) >= 11 is 0. The lowest BCUT2D eigenvalue weighted by atomic mass is 10.1. The van der Waals surface area contributed by atoms with Crippen molar-refractivity contribution in [3.63, 3.8) is 0 Å². The molecule has 5 nitrogen and oxygen atoms in total. The lowest BCUT2D eigenvalue weighted by molar-refractivity contribution is 0.324. The lowest BCUT2D eigenvalue weighted by Gasteiger charge is -2.14. The molecule has 0 heterocycles. The van der Waals surface area contributed by atoms with Crippen LogP contribution in [0.15, 0.2) is 42.5 Å². The molecular formula is C27H52BN2O3P. The molecule has 5 N–H and O–H groups in total. The second kappa shape index (κ2) is 31.1. The molecule has 2 radical (unpaired) electrons. The van der Waals surface area contributed by atoms with E-state index in [2.05, 4.69) is 13.8 Å². The number of phenols is 1. The molecule has 7 heteroatoms. The molecule has 0 bridgehead atoms. The van der Waals surface area contributed by atoms with Crippen LogP contribution in [0.3, 0.4) is 0 Å². The van der Waals surface area contributed by atoms with Gasteiger partial charge in [0.15, 0.2) is 8.25 Å². The summed E-state index contributed by atoms with van der Waals surface area (Å²) in [6.45, 7) is 21.1. The molecule has 2 aromatic carbocycles. The third-order valence-corrected chi connectivity index (χ3v) is 4.33. The van der Waals surface area contributed by atoms with Crippen LogP contribution in [0.1, 0.15) is 94.1 Å². The molecule has 2 rings (SSSR count). The van der Waals surface area contributed by atoms with Gasteiger partial charge in [0.1, 0.15) is 11.5 Å². The Balaban J connectivity index is -0.000000197. The first-order chi connectivity index (χ1) is 16.4. The largest absolute Gasteiger partial charge is 0.506 e. The summed E-state index contributed by atoms with van der Waals surface area (Å²) in [4.78, 5) is 0. The van der Waals surface area contributed by atoms with Crippen molar-refractivity contribution in [2.75, 3.05) is 18.1 Å². The van der Waals surface area contributed by atoms with Crippen LogP contribution in [0.25, 0.3) is 0 Å². The Morgan fingerprint density at radius 1 is 0.794 bits per heavy atom. The van der Waals surface area contributed by atoms with E-state index < -0.39 is 8.25 Å². The van der Waals surface area contributed by atoms with Gasteiger partial charge < -0.3 is 25.6 Å². The summed E-state index contributed by atoms with van der Waals surface area (Å²) in [5.74, 6) is 0.848. The Kier molecular flexibility index (Phi) is 36.0. The van der Waals surface area contributed by atoms with E-state index in [4.69, 9.17) is 33.2 Å². The maximum atomic E-state index is 9.01. The first kappa shape index (κ1) is 39.3. The van der Waals surface area contributed by atoms with Gasteiger partial charge in [-0.3, -0.25) is 0 Å². The molecule has 0 aliphatic rings. The number of aromatic hydroxyl groups is 1. The van der Waals surface area contributed by atoms with Gasteiger partial charge in [0.05, 0.1) is 12.3 Å². The predicted octanol–water partition coefficient (Wildman–Crippen LogP) is 8.89. The van der Waals surface area contributed by atoms with Crippen molar-refractivity contribution in [1.29, 1.82) is 0 Å². The van der Waals surface area contributed by atoms with E-state index in [0.29, 0.717) is 23.7 Å². The fourth-order valence-electron chi connectivity index (χ4n) is 1.66. The second-order valence-electron chi connectivity index (χ2n) is 6.03. The molecule has 0 saturated heterocycles. The number of nitrogens with two attached hydrogens (primary N) is 2. The van der Waals surface area contributed by atoms with E-state index in [9.17, 15) is 0 Å². The minimum atomic E-state index is -1.31. The maximum Gasteiger partial charge on any atom is 0.208 e. The SMILES string of the molecule is CC.CC.CC.CCCC.CCc1ccc(O)c(N)c1.[B]P(OCCC)Oc1ccc(N)cc1. The minimum Gasteiger partial charge on any atom is -0.506 e. The zero-order chi connectivity index (χ0) is 27.4. The highest BCUT2D eigenvalue weighted by Gasteiger charge is 2.03. The van der Waals surface area contributed by atoms with Crippen molar-refractivity contribution < 1.29 is 14.2 Å². The molecule has 34 heavy (non-hydrogen) atoms. The Hall–Kier alpha value is -1.91. The van der Waals surface area contributed by atoms with Crippen molar-refractivity contribution in [2.45, 2.75) is 94.9 Å². The number of unbranched alkanes of at least 4 members (excludes halogenated alkanes) is 1. The lowest BCUT2D eigenvalue weighted by Crippen LogP contribution is -1.94. The molecule has 1 unspecified atom stereocenters. The van der Waals surface area contributed by atoms with Crippen molar-refractivity contribution in [3.05, 3.63) is 48.0 Å². The van der Waals surface area contributed by atoms with Gasteiger partial charge in [-0.1, -0.05) is 88.1 Å². The van der Waals surface area contributed by atoms with Crippen LogP contribution in [0, 0.1) is 0 Å². The van der Waals surface area contributed by atoms with Crippen LogP contribution in [-0.2, 0) is 10.9 Å². The van der Waals surface area contributed by atoms with Gasteiger partial charge in [-0.15, -0.1) is 0 Å². The van der Waals surface area contributed by atoms with Gasteiger partial charge in [0, 0.05) is 5.69 Å². The van der Waals surface area contributed by atoms with Gasteiger partial charge in [0.25, 0.3) is 0 Å². The molecule has 0 spiro atoms. The van der Waals surface area contributed by atoms with E-state index in [0.717, 1.165) is 18.4 Å². The number of benzene rings is 2. The first-order valence-electron chi connectivity index (χ1n) is 12.7. The van der Waals surface area contributed by atoms with E-state index in [1.807, 2.05) is 61.5 Å². The number of anilines is 2. The highest BCUT2D eigenvalue weighted by molar-refractivity contribution is 7.74. The average molecular weight is 495 g/mol. The molecule has 0 aliphatic carbocycles. The van der Waals surface area contributed by atoms with Crippen molar-refractivity contribution >= 4 is 27.2 Å². The van der Waals surface area contributed by atoms with Gasteiger partial charge in [-0.25, -0.2) is 0 Å². The smallest absolute Gasteiger partial charge is 0.208 e. The summed E-state index contributed by atoms with van der Waals surface area (Å²) in [6, 6.07) is 12.3. The quantitative estimate of drug-likeness (QED) is 0.155. The number of hydrogen-bond donors (Lipinski definition) is 3. The summed E-state index contributed by atoms with van der Waals surface area (Å²) in [7, 11) is 4.31. The molecule has 0 saturated carbocycles. The third kappa shape index (κ3) is 24.7. The van der Waals surface area contributed by atoms with Crippen LogP contribution in [0.4, 0.5) is 11.4 Å². The normalized spacial score (nSPS) is 9.35. The third-order valence-electron chi connectivity index (χ3n) is 3.50. The summed E-state index contributed by atoms with van der Waals surface area (Å²) in [5.41, 5.74) is 13.3. The Morgan fingerprint density at radius 2 is 1.29 bits per heavy atom. The van der Waals surface area contributed by atoms with Crippen molar-refractivity contribution in [3.8, 4) is 11.5 Å².